The van der Waals surface area contributed by atoms with Gasteiger partial charge in [-0.1, -0.05) is 0 Å². The topological polar surface area (TPSA) is 52.5 Å². The van der Waals surface area contributed by atoms with Gasteiger partial charge in [0.25, 0.3) is 6.43 Å². The molecule has 3 N–H and O–H groups in total. The minimum Gasteiger partial charge on any atom is -0.394 e. The van der Waals surface area contributed by atoms with Crippen molar-refractivity contribution in [3.05, 3.63) is 0 Å². The van der Waals surface area contributed by atoms with Gasteiger partial charge in [0.1, 0.15) is 0 Å². The summed E-state index contributed by atoms with van der Waals surface area (Å²) in [7, 11) is 0. The van der Waals surface area contributed by atoms with Gasteiger partial charge in [-0.05, 0) is 0 Å². The van der Waals surface area contributed by atoms with Gasteiger partial charge < -0.3 is 15.5 Å². The number of aliphatic hydroxyl groups is 2. The molecule has 0 fully saturated rings. The van der Waals surface area contributed by atoms with Crippen LogP contribution in [0.2, 0.25) is 0 Å². The Bertz CT molecular complexity index is 82.0. The summed E-state index contributed by atoms with van der Waals surface area (Å²) in [5, 5.41) is 19.1. The van der Waals surface area contributed by atoms with Crippen LogP contribution in [0.1, 0.15) is 0 Å². The van der Waals surface area contributed by atoms with E-state index >= 15 is 0 Å². The van der Waals surface area contributed by atoms with E-state index < -0.39 is 25.7 Å². The number of hydrogen-bond donors (Lipinski definition) is 3. The summed E-state index contributed by atoms with van der Waals surface area (Å²) in [6.07, 6.45) is -3.36. The highest BCUT2D eigenvalue weighted by Gasteiger charge is 2.03. The second kappa shape index (κ2) is 5.52. The highest BCUT2D eigenvalue weighted by Crippen LogP contribution is 1.87. The Kier molecular flexibility index (Phi) is 5.38. The second-order valence-electron chi connectivity index (χ2n) is 1.89. The van der Waals surface area contributed by atoms with Crippen LogP contribution < -0.4 is 5.32 Å². The largest absolute Gasteiger partial charge is 0.394 e. The van der Waals surface area contributed by atoms with E-state index in [-0.39, 0.29) is 6.54 Å². The fraction of sp³-hybridized carbons (Fsp3) is 1.00. The Morgan fingerprint density at radius 1 is 1.30 bits per heavy atom. The molecule has 0 aromatic rings. The smallest absolute Gasteiger partial charge is 0.250 e. The lowest BCUT2D eigenvalue weighted by molar-refractivity contribution is 0.0857. The molecular formula is C5H11F2NO2. The van der Waals surface area contributed by atoms with Crippen molar-refractivity contribution in [1.29, 1.82) is 0 Å². The van der Waals surface area contributed by atoms with Gasteiger partial charge in [-0.2, -0.15) is 0 Å². The van der Waals surface area contributed by atoms with Gasteiger partial charge in [0.05, 0.1) is 19.3 Å². The van der Waals surface area contributed by atoms with E-state index in [1.54, 1.807) is 0 Å². The molecule has 5 heteroatoms. The van der Waals surface area contributed by atoms with E-state index in [1.165, 1.54) is 0 Å². The third kappa shape index (κ3) is 5.87. The summed E-state index contributed by atoms with van der Waals surface area (Å²) in [5.41, 5.74) is 0. The van der Waals surface area contributed by atoms with Gasteiger partial charge in [0, 0.05) is 6.54 Å². The zero-order valence-electron chi connectivity index (χ0n) is 5.43. The van der Waals surface area contributed by atoms with Crippen LogP contribution in [0, 0.1) is 0 Å². The first-order valence-electron chi connectivity index (χ1n) is 2.94. The lowest BCUT2D eigenvalue weighted by Crippen LogP contribution is -2.32. The van der Waals surface area contributed by atoms with Crippen molar-refractivity contribution in [2.45, 2.75) is 12.5 Å². The Morgan fingerprint density at radius 3 is 2.30 bits per heavy atom. The lowest BCUT2D eigenvalue weighted by Gasteiger charge is -2.07. The molecule has 1 atom stereocenters. The van der Waals surface area contributed by atoms with Crippen LogP contribution in [-0.4, -0.2) is 42.4 Å². The molecule has 0 bridgehead atoms. The Hall–Kier alpha value is -0.260. The van der Waals surface area contributed by atoms with Gasteiger partial charge in [-0.15, -0.1) is 0 Å². The Balaban J connectivity index is 3.03. The molecule has 0 aliphatic carbocycles. The summed E-state index contributed by atoms with van der Waals surface area (Å²) in [4.78, 5) is 0. The standard InChI is InChI=1S/C5H11F2NO2/c6-5(7)2-8-1-4(10)3-9/h4-5,8-10H,1-3H2/t4-/m0/s1. The van der Waals surface area contributed by atoms with Gasteiger partial charge in [0.2, 0.25) is 0 Å². The molecule has 0 aromatic heterocycles. The molecule has 3 nitrogen and oxygen atoms in total. The molecule has 0 unspecified atom stereocenters. The SMILES string of the molecule is OC[C@@H](O)CNCC(F)F. The number of alkyl halides is 2. The van der Waals surface area contributed by atoms with E-state index in [9.17, 15) is 8.78 Å². The van der Waals surface area contributed by atoms with Crippen molar-refractivity contribution in [3.8, 4) is 0 Å². The van der Waals surface area contributed by atoms with E-state index in [0.29, 0.717) is 0 Å². The van der Waals surface area contributed by atoms with Crippen molar-refractivity contribution in [2.75, 3.05) is 19.7 Å². The summed E-state index contributed by atoms with van der Waals surface area (Å²) in [6, 6.07) is 0. The average Bonchev–Trinajstić information content (AvgIpc) is 1.87. The van der Waals surface area contributed by atoms with Crippen molar-refractivity contribution in [2.24, 2.45) is 0 Å². The molecule has 0 aliphatic heterocycles. The molecular weight excluding hydrogens is 144 g/mol. The molecule has 0 aromatic carbocycles. The third-order valence-electron chi connectivity index (χ3n) is 0.889. The van der Waals surface area contributed by atoms with Crippen LogP contribution in [-0.2, 0) is 0 Å². The number of aliphatic hydroxyl groups excluding tert-OH is 2. The van der Waals surface area contributed by atoms with Crippen molar-refractivity contribution in [3.63, 3.8) is 0 Å². The van der Waals surface area contributed by atoms with E-state index in [2.05, 4.69) is 5.32 Å². The third-order valence-corrected chi connectivity index (χ3v) is 0.889. The number of halogens is 2. The zero-order chi connectivity index (χ0) is 7.98. The molecule has 0 saturated carbocycles. The average molecular weight is 155 g/mol. The predicted molar refractivity (Wildman–Crippen MR) is 32.0 cm³/mol. The van der Waals surface area contributed by atoms with Gasteiger partial charge >= 0.3 is 0 Å². The van der Waals surface area contributed by atoms with Crippen LogP contribution in [0.4, 0.5) is 8.78 Å². The number of rotatable bonds is 5. The maximum Gasteiger partial charge on any atom is 0.250 e. The van der Waals surface area contributed by atoms with Crippen molar-refractivity contribution >= 4 is 0 Å². The monoisotopic (exact) mass is 155 g/mol. The van der Waals surface area contributed by atoms with Crippen LogP contribution in [0.25, 0.3) is 0 Å². The molecule has 0 rings (SSSR count). The van der Waals surface area contributed by atoms with Gasteiger partial charge in [-0.25, -0.2) is 8.78 Å². The normalized spacial score (nSPS) is 14.1. The molecule has 0 heterocycles. The first-order valence-corrected chi connectivity index (χ1v) is 2.94. The van der Waals surface area contributed by atoms with Gasteiger partial charge in [0.15, 0.2) is 0 Å². The minimum atomic E-state index is -2.41. The second-order valence-corrected chi connectivity index (χ2v) is 1.89. The molecule has 0 radical (unpaired) electrons. The van der Waals surface area contributed by atoms with Crippen molar-refractivity contribution < 1.29 is 19.0 Å². The number of hydrogen-bond acceptors (Lipinski definition) is 3. The highest BCUT2D eigenvalue weighted by molar-refractivity contribution is 4.57. The highest BCUT2D eigenvalue weighted by atomic mass is 19.3. The van der Waals surface area contributed by atoms with Crippen molar-refractivity contribution in [1.82, 2.24) is 5.32 Å². The molecule has 10 heavy (non-hydrogen) atoms. The minimum absolute atomic E-state index is 0.000833. The Labute approximate surface area is 57.7 Å². The number of nitrogens with one attached hydrogen (secondary N) is 1. The fourth-order valence-corrected chi connectivity index (χ4v) is 0.424. The maximum atomic E-state index is 11.4. The van der Waals surface area contributed by atoms with Crippen LogP contribution in [0.3, 0.4) is 0 Å². The van der Waals surface area contributed by atoms with Crippen LogP contribution in [0.15, 0.2) is 0 Å². The fourth-order valence-electron chi connectivity index (χ4n) is 0.424. The quantitative estimate of drug-likeness (QED) is 0.487. The van der Waals surface area contributed by atoms with E-state index in [0.717, 1.165) is 0 Å². The van der Waals surface area contributed by atoms with Crippen LogP contribution >= 0.6 is 0 Å². The summed E-state index contributed by atoms with van der Waals surface area (Å²) >= 11 is 0. The first-order chi connectivity index (χ1) is 4.66. The zero-order valence-corrected chi connectivity index (χ0v) is 5.43. The summed E-state index contributed by atoms with van der Waals surface area (Å²) < 4.78 is 22.8. The Morgan fingerprint density at radius 2 is 1.90 bits per heavy atom. The predicted octanol–water partition coefficient (Wildman–Crippen LogP) is -0.806. The first kappa shape index (κ1) is 9.74. The molecule has 0 aliphatic rings. The summed E-state index contributed by atoms with van der Waals surface area (Å²) in [5.74, 6) is 0. The van der Waals surface area contributed by atoms with E-state index in [1.807, 2.05) is 0 Å². The summed E-state index contributed by atoms with van der Waals surface area (Å²) in [6.45, 7) is -0.853. The molecule has 0 saturated heterocycles. The van der Waals surface area contributed by atoms with E-state index in [4.69, 9.17) is 10.2 Å². The lowest BCUT2D eigenvalue weighted by atomic mass is 10.4. The molecule has 0 spiro atoms. The van der Waals surface area contributed by atoms with Gasteiger partial charge in [-0.3, -0.25) is 0 Å². The molecule has 62 valence electrons. The maximum absolute atomic E-state index is 11.4. The van der Waals surface area contributed by atoms with Crippen LogP contribution in [0.5, 0.6) is 0 Å². The molecule has 0 amide bonds.